The van der Waals surface area contributed by atoms with Crippen LogP contribution in [-0.2, 0) is 20.4 Å². The van der Waals surface area contributed by atoms with Gasteiger partial charge in [-0.25, -0.2) is 0 Å². The lowest BCUT2D eigenvalue weighted by Crippen LogP contribution is -2.22. The van der Waals surface area contributed by atoms with E-state index in [1.165, 1.54) is 11.4 Å². The number of rotatable bonds is 11. The number of halogens is 1. The minimum absolute atomic E-state index is 0.428. The molecule has 0 aromatic heterocycles. The van der Waals surface area contributed by atoms with Gasteiger partial charge < -0.3 is 14.8 Å². The Balaban J connectivity index is 0.00000111. The van der Waals surface area contributed by atoms with Crippen molar-refractivity contribution in [1.29, 1.82) is 0 Å². The number of hydrogen-bond acceptors (Lipinski definition) is 7. The number of amides is 2. The molecule has 4 aromatic rings. The first kappa shape index (κ1) is 38.7. The molecule has 0 radical (unpaired) electrons. The van der Waals surface area contributed by atoms with Gasteiger partial charge in [0.1, 0.15) is 6.29 Å². The van der Waals surface area contributed by atoms with Gasteiger partial charge in [0, 0.05) is 54.5 Å². The van der Waals surface area contributed by atoms with Crippen LogP contribution in [0.5, 0.6) is 0 Å². The van der Waals surface area contributed by atoms with E-state index in [2.05, 4.69) is 119 Å². The zero-order valence-corrected chi connectivity index (χ0v) is 29.7. The number of nitrogens with zero attached hydrogens (tertiary/aromatic N) is 1. The van der Waals surface area contributed by atoms with Gasteiger partial charge in [0.25, 0.3) is 5.91 Å². The molecule has 2 amide bonds. The molecule has 0 saturated carbocycles. The van der Waals surface area contributed by atoms with E-state index in [9.17, 15) is 18.9 Å². The van der Waals surface area contributed by atoms with Crippen LogP contribution in [0, 0.1) is 5.92 Å². The summed E-state index contributed by atoms with van der Waals surface area (Å²) in [7, 11) is 1.00. The molecule has 0 heterocycles. The Bertz CT molecular complexity index is 1920. The molecule has 51 heavy (non-hydrogen) atoms. The van der Waals surface area contributed by atoms with Crippen LogP contribution in [-0.4, -0.2) is 30.8 Å². The van der Waals surface area contributed by atoms with E-state index in [1.54, 1.807) is 0 Å². The number of nitrogens with one attached hydrogen (secondary N) is 1. The van der Waals surface area contributed by atoms with Crippen molar-refractivity contribution in [3.05, 3.63) is 138 Å². The second-order valence-corrected chi connectivity index (χ2v) is 12.1. The van der Waals surface area contributed by atoms with Crippen LogP contribution in [0.15, 0.2) is 127 Å². The number of imide groups is 1. The number of allylic oxidation sites excluding steroid dienone is 6. The number of benzene rings is 4. The molecule has 1 unspecified atom stereocenters. The van der Waals surface area contributed by atoms with Crippen LogP contribution < -0.4 is 10.2 Å². The van der Waals surface area contributed by atoms with Crippen molar-refractivity contribution in [3.8, 4) is 22.3 Å². The van der Waals surface area contributed by atoms with Gasteiger partial charge in [0.2, 0.25) is 6.41 Å². The number of hydrogen-bond donors (Lipinski definition) is 3. The fraction of sp³-hybridized carbons (Fsp3) is 0.214. The Hall–Kier alpha value is -5.09. The minimum atomic E-state index is -0.438. The van der Waals surface area contributed by atoms with Crippen LogP contribution in [0.2, 0.25) is 0 Å². The van der Waals surface area contributed by atoms with Crippen LogP contribution in [0.4, 0.5) is 10.2 Å². The third-order valence-electron chi connectivity index (χ3n) is 8.75. The first-order valence-corrected chi connectivity index (χ1v) is 17.2. The molecule has 1 atom stereocenters. The highest BCUT2D eigenvalue weighted by Gasteiger charge is 2.20. The summed E-state index contributed by atoms with van der Waals surface area (Å²) in [5.74, 6) is 0.0948. The number of aliphatic hydroxyl groups excluding tert-OH is 1. The molecule has 2 aliphatic carbocycles. The largest absolute Gasteiger partial charge is 0.400 e. The maximum absolute atomic E-state index is 13.1. The van der Waals surface area contributed by atoms with Gasteiger partial charge >= 0.3 is 0 Å². The van der Waals surface area contributed by atoms with E-state index < -0.39 is 5.91 Å². The number of thiol groups is 1. The van der Waals surface area contributed by atoms with Gasteiger partial charge in [-0.3, -0.25) is 14.9 Å². The summed E-state index contributed by atoms with van der Waals surface area (Å²) in [6.45, 7) is 2.24. The number of anilines is 1. The molecule has 2 aliphatic rings. The highest BCUT2D eigenvalue weighted by molar-refractivity contribution is 7.74. The molecule has 0 bridgehead atoms. The highest BCUT2D eigenvalue weighted by Crippen LogP contribution is 2.39. The van der Waals surface area contributed by atoms with Crippen molar-refractivity contribution >= 4 is 48.0 Å². The maximum Gasteiger partial charge on any atom is 0.258 e. The SMILES string of the molecule is CC1C=CC(N(C2=CCCC=C2)c2ccc(-c3ccc(C(=O)NC=O)c4c(-c5ccc(CCCC=O)cc5)cccc34)cc2)=CC1.CO.FOS. The molecule has 0 saturated heterocycles. The lowest BCUT2D eigenvalue weighted by molar-refractivity contribution is -0.109. The second-order valence-electron chi connectivity index (χ2n) is 12.0. The van der Waals surface area contributed by atoms with Crippen LogP contribution >= 0.6 is 12.9 Å². The van der Waals surface area contributed by atoms with Crippen LogP contribution in [0.3, 0.4) is 0 Å². The lowest BCUT2D eigenvalue weighted by atomic mass is 9.89. The Morgan fingerprint density at radius 1 is 0.922 bits per heavy atom. The molecule has 4 aromatic carbocycles. The summed E-state index contributed by atoms with van der Waals surface area (Å²) in [5, 5.41) is 11.1. The quantitative estimate of drug-likeness (QED) is 0.0623. The molecule has 0 aliphatic heterocycles. The second kappa shape index (κ2) is 19.9. The summed E-state index contributed by atoms with van der Waals surface area (Å²) in [6.07, 6.45) is 20.2. The maximum atomic E-state index is 13.1. The minimum Gasteiger partial charge on any atom is -0.400 e. The van der Waals surface area contributed by atoms with E-state index in [-0.39, 0.29) is 0 Å². The Morgan fingerprint density at radius 3 is 2.24 bits per heavy atom. The molecule has 0 spiro atoms. The molecule has 264 valence electrons. The van der Waals surface area contributed by atoms with Gasteiger partial charge in [0.15, 0.2) is 0 Å². The van der Waals surface area contributed by atoms with E-state index in [4.69, 9.17) is 5.11 Å². The van der Waals surface area contributed by atoms with Gasteiger partial charge in [0.05, 0.1) is 0 Å². The zero-order valence-electron chi connectivity index (χ0n) is 28.8. The predicted molar refractivity (Wildman–Crippen MR) is 207 cm³/mol. The van der Waals surface area contributed by atoms with Crippen molar-refractivity contribution in [2.45, 2.75) is 45.4 Å². The first-order valence-electron chi connectivity index (χ1n) is 16.8. The fourth-order valence-electron chi connectivity index (χ4n) is 6.34. The summed E-state index contributed by atoms with van der Waals surface area (Å²) < 4.78 is 12.1. The van der Waals surface area contributed by atoms with E-state index in [0.717, 1.165) is 89.8 Å². The van der Waals surface area contributed by atoms with Crippen LogP contribution in [0.1, 0.15) is 54.9 Å². The van der Waals surface area contributed by atoms with Gasteiger partial charge in [-0.15, -0.1) is 4.39 Å². The molecular weight excluding hydrogens is 664 g/mol. The Morgan fingerprint density at radius 2 is 1.61 bits per heavy atom. The standard InChI is InChI=1S/C41H38N2O3.CH4O.FHOS/c1-29-13-21-34(22-14-29)43(33-9-3-2-4-10-33)35-23-19-31(20-24-35)36-25-26-39(41(46)42-28-45)40-37(11-7-12-38(36)40)32-17-15-30(16-18-32)8-5-6-27-44;1-2;1-2-3/h3,7,9-13,15-29H,2,4-6,8,14H2,1H3,(H,42,45,46);2H,1H3;3H. The summed E-state index contributed by atoms with van der Waals surface area (Å²) in [4.78, 5) is 37.5. The third-order valence-corrected chi connectivity index (χ3v) is 8.75. The summed E-state index contributed by atoms with van der Waals surface area (Å²) in [6, 6.07) is 26.7. The fourth-order valence-corrected chi connectivity index (χ4v) is 6.34. The predicted octanol–water partition coefficient (Wildman–Crippen LogP) is 9.44. The van der Waals surface area contributed by atoms with E-state index >= 15 is 0 Å². The van der Waals surface area contributed by atoms with Gasteiger partial charge in [-0.05, 0) is 106 Å². The molecule has 6 rings (SSSR count). The third kappa shape index (κ3) is 9.79. The van der Waals surface area contributed by atoms with E-state index in [0.29, 0.717) is 24.3 Å². The summed E-state index contributed by atoms with van der Waals surface area (Å²) >= 11 is 2.62. The van der Waals surface area contributed by atoms with Crippen molar-refractivity contribution in [2.24, 2.45) is 5.92 Å². The Kier molecular flexibility index (Phi) is 15.1. The number of aldehydes is 1. The number of aryl methyl sites for hydroxylation is 1. The van der Waals surface area contributed by atoms with Crippen molar-refractivity contribution in [1.82, 2.24) is 5.32 Å². The van der Waals surface area contributed by atoms with Gasteiger partial charge in [-0.2, -0.15) is 0 Å². The van der Waals surface area contributed by atoms with Crippen LogP contribution in [0.25, 0.3) is 33.0 Å². The highest BCUT2D eigenvalue weighted by atomic mass is 32.1. The summed E-state index contributed by atoms with van der Waals surface area (Å²) in [5.41, 5.74) is 8.99. The Labute approximate surface area is 304 Å². The molecular formula is C42H43FN2O5S. The number of carbonyl (C=O) groups excluding carboxylic acids is 3. The van der Waals surface area contributed by atoms with Gasteiger partial charge in [-0.1, -0.05) is 91.9 Å². The average molecular weight is 707 g/mol. The van der Waals surface area contributed by atoms with Crippen molar-refractivity contribution < 1.29 is 28.4 Å². The number of carbonyl (C=O) groups is 3. The topological polar surface area (TPSA) is 95.9 Å². The monoisotopic (exact) mass is 706 g/mol. The number of fused-ring (bicyclic) bond motifs is 1. The number of unbranched alkanes of at least 4 members (excludes halogenated alkanes) is 1. The first-order chi connectivity index (χ1) is 25.0. The smallest absolute Gasteiger partial charge is 0.258 e. The lowest BCUT2D eigenvalue weighted by Gasteiger charge is -2.30. The average Bonchev–Trinajstić information content (AvgIpc) is 3.17. The normalized spacial score (nSPS) is 14.6. The molecule has 0 fully saturated rings. The van der Waals surface area contributed by atoms with E-state index in [1.807, 2.05) is 30.3 Å². The zero-order chi connectivity index (χ0) is 36.6. The number of aliphatic hydroxyl groups is 1. The van der Waals surface area contributed by atoms with Crippen molar-refractivity contribution in [3.63, 3.8) is 0 Å². The molecule has 9 heteroatoms. The van der Waals surface area contributed by atoms with Crippen molar-refractivity contribution in [2.75, 3.05) is 12.0 Å². The molecule has 7 nitrogen and oxygen atoms in total. The molecule has 2 N–H and O–H groups in total.